The van der Waals surface area contributed by atoms with Crippen molar-refractivity contribution in [1.29, 1.82) is 0 Å². The van der Waals surface area contributed by atoms with Crippen molar-refractivity contribution >= 4 is 43.7 Å². The first kappa shape index (κ1) is 29.8. The molecular formula is C22H46CaO4. The van der Waals surface area contributed by atoms with Crippen LogP contribution in [0.5, 0.6) is 0 Å². The summed E-state index contributed by atoms with van der Waals surface area (Å²) < 4.78 is 10.1. The Hall–Kier alpha value is 0.650. The van der Waals surface area contributed by atoms with E-state index in [1.165, 1.54) is 83.5 Å². The Labute approximate surface area is 201 Å². The molecule has 0 fully saturated rings. The van der Waals surface area contributed by atoms with Gasteiger partial charge in [-0.2, -0.15) is 0 Å². The van der Waals surface area contributed by atoms with Crippen molar-refractivity contribution in [3.05, 3.63) is 0 Å². The van der Waals surface area contributed by atoms with Crippen LogP contribution in [-0.2, 0) is 14.3 Å². The molecule has 0 aliphatic rings. The molecule has 0 saturated heterocycles. The largest absolute Gasteiger partial charge is 2.00 e. The molecule has 0 radical (unpaired) electrons. The van der Waals surface area contributed by atoms with Crippen molar-refractivity contribution in [3.8, 4) is 0 Å². The third-order valence-electron chi connectivity index (χ3n) is 4.71. The number of esters is 1. The van der Waals surface area contributed by atoms with Gasteiger partial charge in [0.25, 0.3) is 0 Å². The molecule has 0 aromatic carbocycles. The minimum absolute atomic E-state index is 0. The molecule has 0 atom stereocenters. The zero-order valence-electron chi connectivity index (χ0n) is 20.0. The van der Waals surface area contributed by atoms with Gasteiger partial charge in [0.2, 0.25) is 0 Å². The van der Waals surface area contributed by atoms with E-state index in [2.05, 4.69) is 6.92 Å². The molecule has 4 nitrogen and oxygen atoms in total. The zero-order valence-corrected chi connectivity index (χ0v) is 20.2. The van der Waals surface area contributed by atoms with E-state index in [-0.39, 0.29) is 59.8 Å². The minimum Gasteiger partial charge on any atom is -1.00 e. The topological polar surface area (TPSA) is 55.8 Å². The molecule has 27 heavy (non-hydrogen) atoms. The second-order valence-corrected chi connectivity index (χ2v) is 7.26. The Morgan fingerprint density at radius 2 is 1.15 bits per heavy atom. The number of aliphatic hydroxyl groups excluding tert-OH is 1. The number of carbonyl (C=O) groups is 1. The molecule has 0 rings (SSSR count). The van der Waals surface area contributed by atoms with Gasteiger partial charge in [0.05, 0.1) is 19.8 Å². The summed E-state index contributed by atoms with van der Waals surface area (Å²) in [6.07, 6.45) is 20.4. The summed E-state index contributed by atoms with van der Waals surface area (Å²) in [6.45, 7) is 3.24. The molecule has 0 spiro atoms. The van der Waals surface area contributed by atoms with Gasteiger partial charge in [-0.1, -0.05) is 96.8 Å². The van der Waals surface area contributed by atoms with E-state index in [4.69, 9.17) is 14.6 Å². The average Bonchev–Trinajstić information content (AvgIpc) is 2.64. The normalized spacial score (nSPS) is 10.6. The van der Waals surface area contributed by atoms with Crippen LogP contribution in [0.4, 0.5) is 0 Å². The van der Waals surface area contributed by atoms with Crippen molar-refractivity contribution in [2.45, 2.75) is 110 Å². The number of hydrogen-bond acceptors (Lipinski definition) is 4. The van der Waals surface area contributed by atoms with Gasteiger partial charge in [0, 0.05) is 6.42 Å². The monoisotopic (exact) mass is 414 g/mol. The molecular weight excluding hydrogens is 368 g/mol. The van der Waals surface area contributed by atoms with Crippen LogP contribution in [0.2, 0.25) is 0 Å². The second kappa shape index (κ2) is 26.6. The number of aliphatic hydroxyl groups is 1. The molecule has 0 amide bonds. The van der Waals surface area contributed by atoms with Crippen molar-refractivity contribution in [3.63, 3.8) is 0 Å². The number of hydrogen-bond donors (Lipinski definition) is 1. The van der Waals surface area contributed by atoms with Crippen LogP contribution >= 0.6 is 0 Å². The Bertz CT molecular complexity index is 298. The summed E-state index contributed by atoms with van der Waals surface area (Å²) >= 11 is 0. The molecule has 1 N–H and O–H groups in total. The van der Waals surface area contributed by atoms with E-state index in [0.29, 0.717) is 19.6 Å². The smallest absolute Gasteiger partial charge is 1.00 e. The zero-order chi connectivity index (χ0) is 19.1. The molecule has 0 aliphatic carbocycles. The summed E-state index contributed by atoms with van der Waals surface area (Å²) in [5, 5.41) is 8.54. The first-order valence-electron chi connectivity index (χ1n) is 11.2. The molecule has 0 unspecified atom stereocenters. The number of carbonyl (C=O) groups excluding carboxylic acids is 1. The standard InChI is InChI=1S/C22H44O4.Ca.2H/c1-2-3-4-5-6-7-8-9-10-11-12-13-14-15-16-17-22(24)26-21-20-25-19-18-23;;;/h23H,2-21H2,1H3;;;/q;+2;2*-1. The predicted molar refractivity (Wildman–Crippen MR) is 116 cm³/mol. The van der Waals surface area contributed by atoms with Crippen LogP contribution in [0.3, 0.4) is 0 Å². The number of ether oxygens (including phenoxy) is 2. The predicted octanol–water partition coefficient (Wildman–Crippen LogP) is 5.64. The Morgan fingerprint density at radius 3 is 1.59 bits per heavy atom. The molecule has 0 heterocycles. The number of unbranched alkanes of at least 4 members (excludes halogenated alkanes) is 14. The van der Waals surface area contributed by atoms with Crippen LogP contribution < -0.4 is 0 Å². The fraction of sp³-hybridized carbons (Fsp3) is 0.955. The summed E-state index contributed by atoms with van der Waals surface area (Å²) in [5.41, 5.74) is 0. The van der Waals surface area contributed by atoms with Crippen molar-refractivity contribution in [2.75, 3.05) is 26.4 Å². The maximum atomic E-state index is 11.5. The summed E-state index contributed by atoms with van der Waals surface area (Å²) in [4.78, 5) is 11.5. The van der Waals surface area contributed by atoms with Crippen LogP contribution in [-0.4, -0.2) is 75.2 Å². The Balaban J connectivity index is -0.00000104. The molecule has 0 aromatic heterocycles. The van der Waals surface area contributed by atoms with Crippen LogP contribution in [0.1, 0.15) is 113 Å². The first-order valence-corrected chi connectivity index (χ1v) is 11.2. The SMILES string of the molecule is CCCCCCCCCCCCCCCCCC(=O)OCCOCCO.[Ca+2].[H-].[H-]. The van der Waals surface area contributed by atoms with Gasteiger partial charge in [0.15, 0.2) is 0 Å². The summed E-state index contributed by atoms with van der Waals surface area (Å²) in [7, 11) is 0. The molecule has 160 valence electrons. The third-order valence-corrected chi connectivity index (χ3v) is 4.71. The van der Waals surface area contributed by atoms with E-state index in [1.54, 1.807) is 0 Å². The molecule has 0 saturated carbocycles. The fourth-order valence-corrected chi connectivity index (χ4v) is 3.09. The Kier molecular flexibility index (Phi) is 29.5. The van der Waals surface area contributed by atoms with Crippen molar-refractivity contribution < 1.29 is 22.2 Å². The Morgan fingerprint density at radius 1 is 0.704 bits per heavy atom. The van der Waals surface area contributed by atoms with E-state index >= 15 is 0 Å². The molecule has 0 aromatic rings. The number of rotatable bonds is 21. The maximum Gasteiger partial charge on any atom is 2.00 e. The van der Waals surface area contributed by atoms with Crippen LogP contribution in [0.25, 0.3) is 0 Å². The van der Waals surface area contributed by atoms with Gasteiger partial charge < -0.3 is 17.4 Å². The third kappa shape index (κ3) is 26.6. The minimum atomic E-state index is -0.132. The maximum absolute atomic E-state index is 11.5. The van der Waals surface area contributed by atoms with Crippen LogP contribution in [0, 0.1) is 0 Å². The summed E-state index contributed by atoms with van der Waals surface area (Å²) in [6, 6.07) is 0. The van der Waals surface area contributed by atoms with E-state index < -0.39 is 0 Å². The van der Waals surface area contributed by atoms with Gasteiger partial charge in [-0.05, 0) is 6.42 Å². The molecule has 0 aliphatic heterocycles. The van der Waals surface area contributed by atoms with Gasteiger partial charge in [-0.25, -0.2) is 0 Å². The van der Waals surface area contributed by atoms with E-state index in [0.717, 1.165) is 12.8 Å². The van der Waals surface area contributed by atoms with E-state index in [1.807, 2.05) is 0 Å². The summed E-state index contributed by atoms with van der Waals surface area (Å²) in [5.74, 6) is -0.132. The van der Waals surface area contributed by atoms with Crippen molar-refractivity contribution in [1.82, 2.24) is 0 Å². The first-order chi connectivity index (χ1) is 12.8. The van der Waals surface area contributed by atoms with Gasteiger partial charge >= 0.3 is 43.7 Å². The average molecular weight is 415 g/mol. The molecule has 0 bridgehead atoms. The van der Waals surface area contributed by atoms with E-state index in [9.17, 15) is 4.79 Å². The van der Waals surface area contributed by atoms with Crippen molar-refractivity contribution in [2.24, 2.45) is 0 Å². The van der Waals surface area contributed by atoms with Gasteiger partial charge in [-0.15, -0.1) is 0 Å². The quantitative estimate of drug-likeness (QED) is 0.150. The molecule has 5 heteroatoms. The van der Waals surface area contributed by atoms with Crippen LogP contribution in [0.15, 0.2) is 0 Å². The van der Waals surface area contributed by atoms with Gasteiger partial charge in [0.1, 0.15) is 6.61 Å². The fourth-order valence-electron chi connectivity index (χ4n) is 3.09. The second-order valence-electron chi connectivity index (χ2n) is 7.26. The van der Waals surface area contributed by atoms with Gasteiger partial charge in [-0.3, -0.25) is 4.79 Å².